The Morgan fingerprint density at radius 1 is 1.25 bits per heavy atom. The number of hydrogen-bond donors (Lipinski definition) is 0. The summed E-state index contributed by atoms with van der Waals surface area (Å²) in [6.07, 6.45) is -4.62. The smallest absolute Gasteiger partial charge is 0.403 e. The van der Waals surface area contributed by atoms with Crippen molar-refractivity contribution in [1.29, 1.82) is 0 Å². The van der Waals surface area contributed by atoms with E-state index in [9.17, 15) is 18.0 Å². The Morgan fingerprint density at radius 3 is 2.25 bits per heavy atom. The van der Waals surface area contributed by atoms with Crippen LogP contribution in [0, 0.1) is 0 Å². The largest absolute Gasteiger partial charge is 0.518 e. The Balaban J connectivity index is 2.72. The predicted octanol–water partition coefficient (Wildman–Crippen LogP) is 3.36. The summed E-state index contributed by atoms with van der Waals surface area (Å²) in [4.78, 5) is 10.8. The van der Waals surface area contributed by atoms with Crippen molar-refractivity contribution in [2.45, 2.75) is 6.18 Å². The van der Waals surface area contributed by atoms with Gasteiger partial charge in [0, 0.05) is 0 Å². The molecule has 0 saturated heterocycles. The zero-order valence-electron chi connectivity index (χ0n) is 7.95. The van der Waals surface area contributed by atoms with Gasteiger partial charge < -0.3 is 9.47 Å². The lowest BCUT2D eigenvalue weighted by Gasteiger charge is -2.07. The van der Waals surface area contributed by atoms with Crippen LogP contribution < -0.4 is 4.74 Å². The maximum Gasteiger partial charge on any atom is 0.518 e. The van der Waals surface area contributed by atoms with Crippen LogP contribution in [-0.4, -0.2) is 6.16 Å². The molecule has 0 N–H and O–H groups in total. The summed E-state index contributed by atoms with van der Waals surface area (Å²) in [6, 6.07) is 3.65. The fourth-order valence-corrected chi connectivity index (χ4v) is 0.900. The minimum absolute atomic E-state index is 0.0418. The normalized spacial score (nSPS) is 10.7. The van der Waals surface area contributed by atoms with E-state index in [1.165, 1.54) is 0 Å². The molecule has 0 fully saturated rings. The summed E-state index contributed by atoms with van der Waals surface area (Å²) in [5.74, 6) is -0.0418. The number of hydrogen-bond acceptors (Lipinski definition) is 3. The van der Waals surface area contributed by atoms with Gasteiger partial charge in [-0.3, -0.25) is 0 Å². The summed E-state index contributed by atoms with van der Waals surface area (Å²) in [6.45, 7) is 3.12. The monoisotopic (exact) mass is 232 g/mol. The molecular weight excluding hydrogens is 225 g/mol. The van der Waals surface area contributed by atoms with Gasteiger partial charge in [-0.1, -0.05) is 6.58 Å². The van der Waals surface area contributed by atoms with Crippen LogP contribution in [0.4, 0.5) is 18.0 Å². The average molecular weight is 232 g/mol. The van der Waals surface area contributed by atoms with Gasteiger partial charge in [-0.25, -0.2) is 4.79 Å². The minimum Gasteiger partial charge on any atom is -0.403 e. The number of rotatable bonds is 2. The Kier molecular flexibility index (Phi) is 3.55. The number of carbonyl (C=O) groups excluding carboxylic acids is 1. The highest BCUT2D eigenvalue weighted by Crippen LogP contribution is 2.30. The first-order valence-corrected chi connectivity index (χ1v) is 4.10. The zero-order chi connectivity index (χ0) is 12.2. The fraction of sp³-hybridized carbons (Fsp3) is 0.100. The molecule has 16 heavy (non-hydrogen) atoms. The molecule has 0 bridgehead atoms. The van der Waals surface area contributed by atoms with Crippen molar-refractivity contribution in [2.75, 3.05) is 0 Å². The van der Waals surface area contributed by atoms with Gasteiger partial charge in [0.25, 0.3) is 0 Å². The second kappa shape index (κ2) is 4.69. The Labute approximate surface area is 89.1 Å². The second-order valence-electron chi connectivity index (χ2n) is 2.66. The van der Waals surface area contributed by atoms with Gasteiger partial charge in [0.15, 0.2) is 0 Å². The van der Waals surface area contributed by atoms with Gasteiger partial charge in [-0.2, -0.15) is 13.2 Å². The lowest BCUT2D eigenvalue weighted by molar-refractivity contribution is -0.137. The van der Waals surface area contributed by atoms with Crippen LogP contribution in [0.1, 0.15) is 5.56 Å². The summed E-state index contributed by atoms with van der Waals surface area (Å²) in [5.41, 5.74) is -0.822. The predicted molar refractivity (Wildman–Crippen MR) is 48.8 cm³/mol. The minimum atomic E-state index is -4.42. The molecule has 0 saturated carbocycles. The lowest BCUT2D eigenvalue weighted by atomic mass is 10.2. The van der Waals surface area contributed by atoms with Crippen molar-refractivity contribution in [3.63, 3.8) is 0 Å². The fourth-order valence-electron chi connectivity index (χ4n) is 0.900. The lowest BCUT2D eigenvalue weighted by Crippen LogP contribution is -2.08. The first kappa shape index (κ1) is 12.1. The third-order valence-corrected chi connectivity index (χ3v) is 1.56. The molecule has 6 heteroatoms. The van der Waals surface area contributed by atoms with E-state index in [0.29, 0.717) is 0 Å². The van der Waals surface area contributed by atoms with Gasteiger partial charge in [-0.05, 0) is 24.3 Å². The Bertz CT molecular complexity index is 381. The number of alkyl halides is 3. The van der Waals surface area contributed by atoms with E-state index in [1.54, 1.807) is 0 Å². The maximum absolute atomic E-state index is 12.2. The van der Waals surface area contributed by atoms with Gasteiger partial charge in [0.2, 0.25) is 0 Å². The molecule has 0 amide bonds. The van der Waals surface area contributed by atoms with E-state index in [-0.39, 0.29) is 5.75 Å². The molecule has 0 aromatic heterocycles. The summed E-state index contributed by atoms with van der Waals surface area (Å²) in [5, 5.41) is 0. The van der Waals surface area contributed by atoms with Gasteiger partial charge in [0.05, 0.1) is 11.8 Å². The van der Waals surface area contributed by atoms with Crippen LogP contribution >= 0.6 is 0 Å². The van der Waals surface area contributed by atoms with Crippen molar-refractivity contribution in [1.82, 2.24) is 0 Å². The first-order valence-electron chi connectivity index (χ1n) is 4.10. The summed E-state index contributed by atoms with van der Waals surface area (Å²) < 4.78 is 45.2. The van der Waals surface area contributed by atoms with Crippen molar-refractivity contribution in [3.8, 4) is 5.75 Å². The van der Waals surface area contributed by atoms with Crippen molar-refractivity contribution < 1.29 is 27.4 Å². The first-order chi connectivity index (χ1) is 7.43. The average Bonchev–Trinajstić information content (AvgIpc) is 2.17. The molecular formula is C10H7F3O3. The SMILES string of the molecule is C=COC(=O)Oc1ccc(C(F)(F)F)cc1. The molecule has 0 unspecified atom stereocenters. The summed E-state index contributed by atoms with van der Waals surface area (Å²) >= 11 is 0. The molecule has 1 aromatic rings. The standard InChI is InChI=1S/C10H7F3O3/c1-2-15-9(14)16-8-5-3-7(4-6-8)10(11,12)13/h2-6H,1H2. The summed E-state index contributed by atoms with van der Waals surface area (Å²) in [7, 11) is 0. The highest BCUT2D eigenvalue weighted by molar-refractivity contribution is 5.64. The molecule has 1 rings (SSSR count). The van der Waals surface area contributed by atoms with Crippen molar-refractivity contribution >= 4 is 6.16 Å². The van der Waals surface area contributed by atoms with E-state index in [4.69, 9.17) is 0 Å². The Morgan fingerprint density at radius 2 is 1.81 bits per heavy atom. The maximum atomic E-state index is 12.2. The highest BCUT2D eigenvalue weighted by atomic mass is 19.4. The van der Waals surface area contributed by atoms with Gasteiger partial charge >= 0.3 is 12.3 Å². The van der Waals surface area contributed by atoms with Crippen LogP contribution in [0.25, 0.3) is 0 Å². The number of ether oxygens (including phenoxy) is 2. The molecule has 0 atom stereocenters. The molecule has 0 aliphatic rings. The third kappa shape index (κ3) is 3.30. The Hall–Kier alpha value is -1.98. The quantitative estimate of drug-likeness (QED) is 0.445. The molecule has 0 radical (unpaired) electrons. The van der Waals surface area contributed by atoms with Crippen molar-refractivity contribution in [2.24, 2.45) is 0 Å². The van der Waals surface area contributed by atoms with E-state index in [1.807, 2.05) is 0 Å². The molecule has 3 nitrogen and oxygen atoms in total. The van der Waals surface area contributed by atoms with Gasteiger partial charge in [-0.15, -0.1) is 0 Å². The van der Waals surface area contributed by atoms with E-state index in [2.05, 4.69) is 16.1 Å². The van der Waals surface area contributed by atoms with E-state index >= 15 is 0 Å². The van der Waals surface area contributed by atoms with E-state index in [0.717, 1.165) is 30.5 Å². The number of halogens is 3. The van der Waals surface area contributed by atoms with Crippen LogP contribution in [0.2, 0.25) is 0 Å². The molecule has 0 spiro atoms. The van der Waals surface area contributed by atoms with Crippen LogP contribution in [0.15, 0.2) is 37.1 Å². The van der Waals surface area contributed by atoms with E-state index < -0.39 is 17.9 Å². The van der Waals surface area contributed by atoms with Crippen LogP contribution in [0.3, 0.4) is 0 Å². The van der Waals surface area contributed by atoms with Crippen LogP contribution in [-0.2, 0) is 10.9 Å². The molecule has 86 valence electrons. The van der Waals surface area contributed by atoms with Crippen LogP contribution in [0.5, 0.6) is 5.75 Å². The number of benzene rings is 1. The second-order valence-corrected chi connectivity index (χ2v) is 2.66. The molecule has 0 aliphatic carbocycles. The third-order valence-electron chi connectivity index (χ3n) is 1.56. The van der Waals surface area contributed by atoms with Gasteiger partial charge in [0.1, 0.15) is 5.75 Å². The topological polar surface area (TPSA) is 35.5 Å². The van der Waals surface area contributed by atoms with Crippen molar-refractivity contribution in [3.05, 3.63) is 42.7 Å². The highest BCUT2D eigenvalue weighted by Gasteiger charge is 2.30. The number of carbonyl (C=O) groups is 1. The molecule has 0 heterocycles. The molecule has 0 aliphatic heterocycles. The zero-order valence-corrected chi connectivity index (χ0v) is 7.95. The molecule has 1 aromatic carbocycles.